The van der Waals surface area contributed by atoms with Crippen molar-refractivity contribution in [3.05, 3.63) is 47.2 Å². The Balaban J connectivity index is 1.33. The molecule has 2 aromatic rings. The second-order valence-corrected chi connectivity index (χ2v) is 9.38. The molecule has 4 N–H and O–H groups in total. The van der Waals surface area contributed by atoms with Crippen LogP contribution in [-0.2, 0) is 10.0 Å². The van der Waals surface area contributed by atoms with Gasteiger partial charge in [0.2, 0.25) is 10.0 Å². The Morgan fingerprint density at radius 1 is 1.31 bits per heavy atom. The molecule has 1 aliphatic heterocycles. The normalized spacial score (nSPS) is 21.3. The minimum absolute atomic E-state index is 0.0401. The van der Waals surface area contributed by atoms with Gasteiger partial charge in [-0.05, 0) is 37.3 Å². The molecule has 0 spiro atoms. The average molecular weight is 417 g/mol. The lowest BCUT2D eigenvalue weighted by molar-refractivity contribution is 0.0949. The zero-order valence-electron chi connectivity index (χ0n) is 15.9. The van der Waals surface area contributed by atoms with Gasteiger partial charge >= 0.3 is 0 Å². The van der Waals surface area contributed by atoms with E-state index in [-0.39, 0.29) is 17.9 Å². The highest BCUT2D eigenvalue weighted by atomic mass is 32.2. The minimum atomic E-state index is -3.47. The lowest BCUT2D eigenvalue weighted by Crippen LogP contribution is -2.43. The zero-order chi connectivity index (χ0) is 20.4. The summed E-state index contributed by atoms with van der Waals surface area (Å²) in [6.07, 6.45) is 10.3. The first kappa shape index (κ1) is 19.7. The van der Waals surface area contributed by atoms with E-state index in [9.17, 15) is 13.2 Å². The van der Waals surface area contributed by atoms with Crippen molar-refractivity contribution in [1.29, 1.82) is 0 Å². The zero-order valence-corrected chi connectivity index (χ0v) is 16.7. The Morgan fingerprint density at radius 2 is 2.10 bits per heavy atom. The number of carbonyl (C=O) groups excluding carboxylic acids is 1. The van der Waals surface area contributed by atoms with E-state index in [2.05, 4.69) is 20.5 Å². The van der Waals surface area contributed by atoms with Crippen LogP contribution in [0.5, 0.6) is 0 Å². The summed E-state index contributed by atoms with van der Waals surface area (Å²) in [4.78, 5) is 16.9. The first-order valence-electron chi connectivity index (χ1n) is 9.65. The van der Waals surface area contributed by atoms with E-state index in [1.165, 1.54) is 10.5 Å². The highest BCUT2D eigenvalue weighted by Crippen LogP contribution is 2.25. The minimum Gasteiger partial charge on any atom is -0.351 e. The first-order chi connectivity index (χ1) is 13.9. The van der Waals surface area contributed by atoms with Crippen molar-refractivity contribution in [3.8, 4) is 0 Å². The van der Waals surface area contributed by atoms with Crippen LogP contribution in [0.4, 0.5) is 0 Å². The molecule has 0 aromatic carbocycles. The highest BCUT2D eigenvalue weighted by Gasteiger charge is 2.30. The Morgan fingerprint density at radius 3 is 2.83 bits per heavy atom. The van der Waals surface area contributed by atoms with Gasteiger partial charge in [0, 0.05) is 37.3 Å². The molecule has 3 heterocycles. The number of amides is 1. The molecule has 1 amide bonds. The van der Waals surface area contributed by atoms with Crippen LogP contribution in [0, 0.1) is 5.92 Å². The topological polar surface area (TPSA) is 134 Å². The fraction of sp³-hybridized carbons (Fsp3) is 0.421. The third kappa shape index (κ3) is 4.24. The number of pyridine rings is 1. The number of nitrogens with zero attached hydrogens (tertiary/aromatic N) is 3. The van der Waals surface area contributed by atoms with Crippen molar-refractivity contribution in [2.45, 2.75) is 25.3 Å². The Hall–Kier alpha value is -2.56. The van der Waals surface area contributed by atoms with Gasteiger partial charge < -0.3 is 11.1 Å². The van der Waals surface area contributed by atoms with Crippen LogP contribution in [0.15, 0.2) is 41.6 Å². The van der Waals surface area contributed by atoms with Crippen LogP contribution in [0.2, 0.25) is 0 Å². The third-order valence-electron chi connectivity index (χ3n) is 5.37. The second kappa shape index (κ2) is 8.05. The smallest absolute Gasteiger partial charge is 0.252 e. The van der Waals surface area contributed by atoms with Crippen molar-refractivity contribution >= 4 is 27.0 Å². The van der Waals surface area contributed by atoms with E-state index in [0.717, 1.165) is 5.39 Å². The molecule has 29 heavy (non-hydrogen) atoms. The average Bonchev–Trinajstić information content (AvgIpc) is 3.20. The van der Waals surface area contributed by atoms with Gasteiger partial charge in [-0.3, -0.25) is 9.89 Å². The summed E-state index contributed by atoms with van der Waals surface area (Å²) in [6, 6.07) is 1.81. The fourth-order valence-electron chi connectivity index (χ4n) is 3.54. The molecule has 0 saturated carbocycles. The molecule has 1 saturated heterocycles. The summed E-state index contributed by atoms with van der Waals surface area (Å²) in [7, 11) is -3.47. The summed E-state index contributed by atoms with van der Waals surface area (Å²) in [6.45, 7) is 1.34. The van der Waals surface area contributed by atoms with E-state index < -0.39 is 10.0 Å². The fourth-order valence-corrected chi connectivity index (χ4v) is 5.09. The van der Waals surface area contributed by atoms with Crippen LogP contribution >= 0.6 is 0 Å². The van der Waals surface area contributed by atoms with E-state index in [1.54, 1.807) is 24.4 Å². The molecule has 1 atom stereocenters. The number of hydrogen-bond donors (Lipinski definition) is 3. The third-order valence-corrected chi connectivity index (χ3v) is 7.31. The molecule has 10 heteroatoms. The molecule has 154 valence electrons. The molecule has 4 rings (SSSR count). The van der Waals surface area contributed by atoms with Crippen LogP contribution in [-0.4, -0.2) is 59.5 Å². The quantitative estimate of drug-likeness (QED) is 0.663. The number of fused-ring (bicyclic) bond motifs is 1. The summed E-state index contributed by atoms with van der Waals surface area (Å²) < 4.78 is 27.1. The lowest BCUT2D eigenvalue weighted by Gasteiger charge is -2.30. The number of nitrogens with one attached hydrogen (secondary N) is 2. The van der Waals surface area contributed by atoms with Gasteiger partial charge in [-0.2, -0.15) is 9.40 Å². The molecule has 1 unspecified atom stereocenters. The standard InChI is InChI=1S/C19H24N6O3S/c20-16-5-7-25(8-6-16)29(27,28)17-3-1-13(2-4-17)10-22-19(26)15-9-14-12-23-24-18(14)21-11-15/h1,3-4,9,11-13,16H,2,5-8,10,20H2,(H,22,26)(H,21,23,24). The van der Waals surface area contributed by atoms with Gasteiger partial charge in [-0.25, -0.2) is 13.4 Å². The molecular weight excluding hydrogens is 392 g/mol. The number of sulfonamides is 1. The van der Waals surface area contributed by atoms with Gasteiger partial charge in [0.15, 0.2) is 5.65 Å². The number of nitrogens with two attached hydrogens (primary N) is 1. The van der Waals surface area contributed by atoms with Gasteiger partial charge in [0.05, 0.1) is 16.7 Å². The van der Waals surface area contributed by atoms with Gasteiger partial charge in [0.1, 0.15) is 0 Å². The molecular formula is C19H24N6O3S. The van der Waals surface area contributed by atoms with Crippen LogP contribution in [0.3, 0.4) is 0 Å². The predicted molar refractivity (Wildman–Crippen MR) is 109 cm³/mol. The van der Waals surface area contributed by atoms with Crippen molar-refractivity contribution in [1.82, 2.24) is 24.8 Å². The monoisotopic (exact) mass is 416 g/mol. The molecule has 0 radical (unpaired) electrons. The highest BCUT2D eigenvalue weighted by molar-refractivity contribution is 7.93. The van der Waals surface area contributed by atoms with Crippen molar-refractivity contribution < 1.29 is 13.2 Å². The van der Waals surface area contributed by atoms with Gasteiger partial charge in [0.25, 0.3) is 5.91 Å². The van der Waals surface area contributed by atoms with Crippen molar-refractivity contribution in [3.63, 3.8) is 0 Å². The SMILES string of the molecule is NC1CCN(S(=O)(=O)C2=CCC(CNC(=O)c3cnc4[nH]ncc4c3)C=C2)CC1. The number of carbonyl (C=O) groups is 1. The molecule has 2 aliphatic rings. The molecule has 1 aliphatic carbocycles. The number of aromatic nitrogens is 3. The summed E-state index contributed by atoms with van der Waals surface area (Å²) >= 11 is 0. The molecule has 9 nitrogen and oxygen atoms in total. The number of rotatable bonds is 5. The second-order valence-electron chi connectivity index (χ2n) is 7.44. The maximum atomic E-state index is 12.8. The van der Waals surface area contributed by atoms with Gasteiger partial charge in [-0.1, -0.05) is 12.2 Å². The summed E-state index contributed by atoms with van der Waals surface area (Å²) in [5, 5.41) is 10.3. The Labute approximate surface area is 169 Å². The van der Waals surface area contributed by atoms with Crippen molar-refractivity contribution in [2.24, 2.45) is 11.7 Å². The van der Waals surface area contributed by atoms with E-state index in [0.29, 0.717) is 55.0 Å². The van der Waals surface area contributed by atoms with Crippen molar-refractivity contribution in [2.75, 3.05) is 19.6 Å². The van der Waals surface area contributed by atoms with Crippen LogP contribution < -0.4 is 11.1 Å². The van der Waals surface area contributed by atoms with E-state index >= 15 is 0 Å². The van der Waals surface area contributed by atoms with Crippen LogP contribution in [0.1, 0.15) is 29.6 Å². The number of H-pyrrole nitrogens is 1. The first-order valence-corrected chi connectivity index (χ1v) is 11.1. The van der Waals surface area contributed by atoms with E-state index in [1.807, 2.05) is 6.08 Å². The number of allylic oxidation sites excluding steroid dienone is 2. The summed E-state index contributed by atoms with van der Waals surface area (Å²) in [5.41, 5.74) is 6.96. The summed E-state index contributed by atoms with van der Waals surface area (Å²) in [5.74, 6) is -0.181. The van der Waals surface area contributed by atoms with Gasteiger partial charge in [-0.15, -0.1) is 0 Å². The lowest BCUT2D eigenvalue weighted by atomic mass is 10.0. The molecule has 1 fully saturated rings. The largest absolute Gasteiger partial charge is 0.351 e. The maximum Gasteiger partial charge on any atom is 0.252 e. The maximum absolute atomic E-state index is 12.8. The van der Waals surface area contributed by atoms with Crippen LogP contribution in [0.25, 0.3) is 11.0 Å². The number of hydrogen-bond acceptors (Lipinski definition) is 6. The number of piperidine rings is 1. The number of aromatic amines is 1. The Bertz CT molecular complexity index is 1070. The molecule has 0 bridgehead atoms. The Kier molecular flexibility index (Phi) is 5.48. The van der Waals surface area contributed by atoms with E-state index in [4.69, 9.17) is 5.73 Å². The molecule has 2 aromatic heterocycles. The predicted octanol–water partition coefficient (Wildman–Crippen LogP) is 0.901.